The fourth-order valence-electron chi connectivity index (χ4n) is 8.82. The molecule has 0 aliphatic heterocycles. The van der Waals surface area contributed by atoms with Crippen LogP contribution in [0.4, 0.5) is 0 Å². The van der Waals surface area contributed by atoms with Crippen molar-refractivity contribution in [2.75, 3.05) is 19.6 Å². The monoisotopic (exact) mass is 1040 g/mol. The molecule has 5 amide bonds. The van der Waals surface area contributed by atoms with Crippen molar-refractivity contribution in [3.63, 3.8) is 0 Å². The predicted octanol–water partition coefficient (Wildman–Crippen LogP) is -0.216. The molecule has 404 valence electrons. The largest absolute Gasteiger partial charge is 0.480 e. The van der Waals surface area contributed by atoms with Crippen LogP contribution in [0.5, 0.6) is 0 Å². The molecule has 0 fully saturated rings. The number of H-pyrrole nitrogens is 3. The van der Waals surface area contributed by atoms with Gasteiger partial charge in [0.05, 0.1) is 6.04 Å². The highest BCUT2D eigenvalue weighted by molar-refractivity contribution is 5.98. The topological polar surface area (TPSA) is 442 Å². The Morgan fingerprint density at radius 2 is 0.750 bits per heavy atom. The minimum absolute atomic E-state index is 0.0259. The lowest BCUT2D eigenvalue weighted by molar-refractivity contribution is -0.142. The number of rotatable bonds is 29. The molecule has 0 aliphatic carbocycles. The lowest BCUT2D eigenvalue weighted by Crippen LogP contribution is -2.60. The second-order valence-electron chi connectivity index (χ2n) is 18.4. The first-order chi connectivity index (χ1) is 36.5. The number of carboxylic acids is 1. The van der Waals surface area contributed by atoms with Crippen molar-refractivity contribution in [3.8, 4) is 0 Å². The molecule has 0 aliphatic rings. The number of hydrogen-bond donors (Lipinski definition) is 19. The Morgan fingerprint density at radius 1 is 0.447 bits per heavy atom. The zero-order valence-corrected chi connectivity index (χ0v) is 41.8. The number of amides is 5. The van der Waals surface area contributed by atoms with Crippen LogP contribution in [0.3, 0.4) is 0 Å². The van der Waals surface area contributed by atoms with Gasteiger partial charge in [-0.1, -0.05) is 54.6 Å². The summed E-state index contributed by atoms with van der Waals surface area (Å²) in [6.45, 7) is 0.548. The van der Waals surface area contributed by atoms with E-state index in [0.717, 1.165) is 32.7 Å². The molecule has 6 atom stereocenters. The van der Waals surface area contributed by atoms with E-state index in [1.165, 1.54) is 0 Å². The first-order valence-electron chi connectivity index (χ1n) is 24.9. The molecule has 25 nitrogen and oxygen atoms in total. The van der Waals surface area contributed by atoms with Gasteiger partial charge in [0.2, 0.25) is 29.5 Å². The number of aromatic nitrogens is 3. The van der Waals surface area contributed by atoms with E-state index in [0.29, 0.717) is 23.1 Å². The lowest BCUT2D eigenvalue weighted by atomic mass is 10.0. The number of carbonyl (C=O) groups is 6. The highest BCUT2D eigenvalue weighted by Gasteiger charge is 2.34. The normalized spacial score (nSPS) is 13.5. The molecule has 23 N–H and O–H groups in total. The third-order valence-corrected chi connectivity index (χ3v) is 12.8. The van der Waals surface area contributed by atoms with Crippen LogP contribution >= 0.6 is 0 Å². The highest BCUT2D eigenvalue weighted by Crippen LogP contribution is 2.22. The van der Waals surface area contributed by atoms with E-state index in [4.69, 9.17) is 39.2 Å². The van der Waals surface area contributed by atoms with Gasteiger partial charge in [0.1, 0.15) is 30.2 Å². The number of nitrogens with one attached hydrogen (secondary N) is 14. The smallest absolute Gasteiger partial charge is 0.326 e. The Morgan fingerprint density at radius 3 is 1.12 bits per heavy atom. The number of carbonyl (C=O) groups excluding carboxylic acids is 5. The Hall–Kier alpha value is -9.13. The molecule has 0 spiro atoms. The number of aliphatic carboxylic acids is 1. The SMILES string of the molecule is N=C(N)NCCC[C@H](NC(=O)[C@H](Cc1c[nH]c2ccccc12)NC(=O)[C@H](CCCNC(=N)N)NC(=O)[C@H](Cc1c[nH]c2ccccc12)NC(=O)[C@@H](N)CCCNC(=N)N)C(=O)N[C@@H](Cc1c[nH]c2ccccc12)C(=O)O. The Balaban J connectivity index is 1.28. The van der Waals surface area contributed by atoms with Crippen molar-refractivity contribution in [1.29, 1.82) is 16.2 Å². The first-order valence-corrected chi connectivity index (χ1v) is 24.9. The van der Waals surface area contributed by atoms with Gasteiger partial charge in [0.15, 0.2) is 17.9 Å². The summed E-state index contributed by atoms with van der Waals surface area (Å²) in [6.07, 6.45) is 5.70. The van der Waals surface area contributed by atoms with Gasteiger partial charge < -0.3 is 85.5 Å². The molecule has 0 unspecified atom stereocenters. The van der Waals surface area contributed by atoms with Crippen LogP contribution in [0.2, 0.25) is 0 Å². The van der Waals surface area contributed by atoms with E-state index in [1.807, 2.05) is 72.8 Å². The van der Waals surface area contributed by atoms with Crippen molar-refractivity contribution in [2.45, 2.75) is 94.0 Å². The van der Waals surface area contributed by atoms with Crippen LogP contribution in [0.25, 0.3) is 32.7 Å². The maximum atomic E-state index is 14.8. The van der Waals surface area contributed by atoms with Gasteiger partial charge in [-0.05, 0) is 73.4 Å². The van der Waals surface area contributed by atoms with Gasteiger partial charge in [-0.2, -0.15) is 0 Å². The Kier molecular flexibility index (Phi) is 20.1. The number of hydrogen-bond acceptors (Lipinski definition) is 10. The van der Waals surface area contributed by atoms with Gasteiger partial charge in [-0.3, -0.25) is 40.2 Å². The summed E-state index contributed by atoms with van der Waals surface area (Å²) in [5.41, 5.74) is 27.0. The van der Waals surface area contributed by atoms with Crippen molar-refractivity contribution in [1.82, 2.24) is 57.5 Å². The minimum Gasteiger partial charge on any atom is -0.480 e. The van der Waals surface area contributed by atoms with Crippen LogP contribution < -0.4 is 65.5 Å². The van der Waals surface area contributed by atoms with Crippen LogP contribution in [0.15, 0.2) is 91.4 Å². The molecule has 0 bridgehead atoms. The number of fused-ring (bicyclic) bond motifs is 3. The molecule has 0 saturated heterocycles. The maximum absolute atomic E-state index is 14.8. The number of benzene rings is 3. The van der Waals surface area contributed by atoms with E-state index < -0.39 is 71.8 Å². The summed E-state index contributed by atoms with van der Waals surface area (Å²) < 4.78 is 0. The second-order valence-corrected chi connectivity index (χ2v) is 18.4. The standard InChI is InChI=1S/C51H68N18O7/c52-34(13-7-19-59-49(53)54)43(70)67-40(22-28-25-62-35-14-4-1-10-31(28)35)46(73)65-38(17-8-20-60-50(55)56)44(71)68-41(23-29-26-63-36-15-5-2-11-32(29)36)47(74)66-39(18-9-21-61-51(57)58)45(72)69-42(48(75)76)24-30-27-64-37-16-6-3-12-33(30)37/h1-6,10-12,14-16,25-27,34,38-42,62-64H,7-9,13,17-24,52H2,(H,65,73)(H,66,74)(H,67,70)(H,68,71)(H,69,72)(H,75,76)(H4,53,54,59)(H4,55,56,60)(H4,57,58,61)/t34-,38-,39-,40-,41-,42-/m0/s1. The predicted molar refractivity (Wildman–Crippen MR) is 289 cm³/mol. The molecular weight excluding hydrogens is 977 g/mol. The third-order valence-electron chi connectivity index (χ3n) is 12.8. The summed E-state index contributed by atoms with van der Waals surface area (Å²) >= 11 is 0. The summed E-state index contributed by atoms with van der Waals surface area (Å²) in [7, 11) is 0. The molecular formula is C51H68N18O7. The third kappa shape index (κ3) is 16.2. The summed E-state index contributed by atoms with van der Waals surface area (Å²) in [5, 5.41) is 57.0. The van der Waals surface area contributed by atoms with Crippen molar-refractivity contribution >= 4 is 86.1 Å². The first kappa shape index (κ1) is 56.2. The molecule has 25 heteroatoms. The minimum atomic E-state index is -1.42. The average Bonchev–Trinajstić information content (AvgIpc) is 4.13. The van der Waals surface area contributed by atoms with E-state index in [1.54, 1.807) is 18.6 Å². The number of nitrogens with two attached hydrogens (primary N) is 4. The lowest BCUT2D eigenvalue weighted by Gasteiger charge is -2.27. The zero-order chi connectivity index (χ0) is 54.7. The highest BCUT2D eigenvalue weighted by atomic mass is 16.4. The quantitative estimate of drug-likeness (QED) is 0.0164. The van der Waals surface area contributed by atoms with E-state index >= 15 is 0 Å². The van der Waals surface area contributed by atoms with Crippen molar-refractivity contribution < 1.29 is 33.9 Å². The average molecular weight is 1050 g/mol. The van der Waals surface area contributed by atoms with Gasteiger partial charge in [-0.25, -0.2) is 4.79 Å². The molecule has 3 heterocycles. The van der Waals surface area contributed by atoms with Crippen molar-refractivity contribution in [2.24, 2.45) is 22.9 Å². The molecule has 6 rings (SSSR count). The maximum Gasteiger partial charge on any atom is 0.326 e. The summed E-state index contributed by atoms with van der Waals surface area (Å²) in [5.74, 6) is -6.03. The number of carboxylic acid groups (broad SMARTS) is 1. The second kappa shape index (κ2) is 27.2. The van der Waals surface area contributed by atoms with Crippen LogP contribution in [0, 0.1) is 16.2 Å². The summed E-state index contributed by atoms with van der Waals surface area (Å²) in [4.78, 5) is 94.2. The van der Waals surface area contributed by atoms with Gasteiger partial charge >= 0.3 is 5.97 Å². The van der Waals surface area contributed by atoms with Crippen molar-refractivity contribution in [3.05, 3.63) is 108 Å². The fraction of sp³-hybridized carbons (Fsp3) is 0.353. The summed E-state index contributed by atoms with van der Waals surface area (Å²) in [6, 6.07) is 14.1. The van der Waals surface area contributed by atoms with Crippen LogP contribution in [-0.4, -0.2) is 129 Å². The molecule has 3 aromatic carbocycles. The Labute approximate surface area is 437 Å². The van der Waals surface area contributed by atoms with Gasteiger partial charge in [0.25, 0.3) is 0 Å². The fourth-order valence-corrected chi connectivity index (χ4v) is 8.82. The van der Waals surface area contributed by atoms with Gasteiger partial charge in [-0.15, -0.1) is 0 Å². The van der Waals surface area contributed by atoms with E-state index in [-0.39, 0.29) is 88.9 Å². The molecule has 76 heavy (non-hydrogen) atoms. The van der Waals surface area contributed by atoms with E-state index in [9.17, 15) is 33.9 Å². The van der Waals surface area contributed by atoms with Crippen LogP contribution in [0.1, 0.15) is 55.2 Å². The molecule has 3 aromatic heterocycles. The number of aromatic amines is 3. The van der Waals surface area contributed by atoms with Crippen LogP contribution in [-0.2, 0) is 48.0 Å². The number of para-hydroxylation sites is 3. The Bertz CT molecular complexity index is 3020. The van der Waals surface area contributed by atoms with E-state index in [2.05, 4.69) is 57.5 Å². The number of guanidine groups is 3. The molecule has 0 saturated carbocycles. The molecule has 0 radical (unpaired) electrons. The zero-order valence-electron chi connectivity index (χ0n) is 41.8. The molecule has 6 aromatic rings. The van der Waals surface area contributed by atoms with Gasteiger partial charge in [0, 0.05) is 90.2 Å².